The fourth-order valence-corrected chi connectivity index (χ4v) is 1.82. The molecule has 0 saturated carbocycles. The molecule has 0 aliphatic heterocycles. The molecule has 1 aromatic rings. The summed E-state index contributed by atoms with van der Waals surface area (Å²) in [4.78, 5) is 0. The van der Waals surface area contributed by atoms with Crippen molar-refractivity contribution in [2.24, 2.45) is 12.8 Å². The molecule has 1 aromatic heterocycles. The summed E-state index contributed by atoms with van der Waals surface area (Å²) < 4.78 is 2.26. The van der Waals surface area contributed by atoms with Crippen molar-refractivity contribution in [2.45, 2.75) is 39.5 Å². The Labute approximate surface area is 87.1 Å². The molecule has 0 amide bonds. The highest BCUT2D eigenvalue weighted by atomic mass is 14.9. The van der Waals surface area contributed by atoms with Gasteiger partial charge in [0.1, 0.15) is 0 Å². The number of aromatic nitrogens is 1. The van der Waals surface area contributed by atoms with E-state index in [0.29, 0.717) is 0 Å². The summed E-state index contributed by atoms with van der Waals surface area (Å²) in [5, 5.41) is 0. The van der Waals surface area contributed by atoms with Gasteiger partial charge >= 0.3 is 0 Å². The predicted molar refractivity (Wildman–Crippen MR) is 61.5 cm³/mol. The van der Waals surface area contributed by atoms with E-state index in [1.807, 2.05) is 0 Å². The lowest BCUT2D eigenvalue weighted by Crippen LogP contribution is -1.98. The van der Waals surface area contributed by atoms with E-state index in [4.69, 9.17) is 5.73 Å². The van der Waals surface area contributed by atoms with Crippen molar-refractivity contribution in [3.8, 4) is 0 Å². The Morgan fingerprint density at radius 1 is 1.21 bits per heavy atom. The lowest BCUT2D eigenvalue weighted by Gasteiger charge is -2.02. The highest BCUT2D eigenvalue weighted by Gasteiger charge is 2.04. The summed E-state index contributed by atoms with van der Waals surface area (Å²) in [5.41, 5.74) is 9.73. The number of rotatable bonds is 5. The van der Waals surface area contributed by atoms with Gasteiger partial charge in [0.15, 0.2) is 0 Å². The molecule has 0 spiro atoms. The first kappa shape index (κ1) is 11.3. The smallest absolute Gasteiger partial charge is 0.0175 e. The molecule has 0 aromatic carbocycles. The van der Waals surface area contributed by atoms with Crippen molar-refractivity contribution in [1.82, 2.24) is 4.57 Å². The lowest BCUT2D eigenvalue weighted by molar-refractivity contribution is 0.683. The Morgan fingerprint density at radius 2 is 1.93 bits per heavy atom. The zero-order valence-corrected chi connectivity index (χ0v) is 9.64. The largest absolute Gasteiger partial charge is 0.352 e. The van der Waals surface area contributed by atoms with Crippen LogP contribution in [0, 0.1) is 13.8 Å². The van der Waals surface area contributed by atoms with Gasteiger partial charge in [0, 0.05) is 18.4 Å². The van der Waals surface area contributed by atoms with E-state index in [2.05, 4.69) is 31.5 Å². The monoisotopic (exact) mass is 194 g/mol. The van der Waals surface area contributed by atoms with Crippen LogP contribution >= 0.6 is 0 Å². The first-order valence-electron chi connectivity index (χ1n) is 5.48. The third-order valence-corrected chi connectivity index (χ3v) is 3.03. The van der Waals surface area contributed by atoms with Crippen LogP contribution in [-0.4, -0.2) is 11.1 Å². The molecule has 0 atom stereocenters. The third kappa shape index (κ3) is 2.61. The second-order valence-electron chi connectivity index (χ2n) is 4.05. The molecule has 0 bridgehead atoms. The van der Waals surface area contributed by atoms with Gasteiger partial charge in [-0.2, -0.15) is 0 Å². The highest BCUT2D eigenvalue weighted by Crippen LogP contribution is 2.15. The molecular weight excluding hydrogens is 172 g/mol. The minimum Gasteiger partial charge on any atom is -0.352 e. The molecule has 2 N–H and O–H groups in total. The molecule has 2 nitrogen and oxygen atoms in total. The van der Waals surface area contributed by atoms with Gasteiger partial charge in [0.25, 0.3) is 0 Å². The summed E-state index contributed by atoms with van der Waals surface area (Å²) in [6, 6.07) is 2.30. The molecule has 1 heterocycles. The molecular formula is C12H22N2. The highest BCUT2D eigenvalue weighted by molar-refractivity contribution is 5.26. The molecule has 0 fully saturated rings. The predicted octanol–water partition coefficient (Wildman–Crippen LogP) is 2.31. The SMILES string of the molecule is Cc1cc(CCCCCN)c(C)n1C. The Morgan fingerprint density at radius 3 is 2.43 bits per heavy atom. The third-order valence-electron chi connectivity index (χ3n) is 3.03. The molecule has 0 aliphatic carbocycles. The molecule has 0 saturated heterocycles. The van der Waals surface area contributed by atoms with E-state index in [-0.39, 0.29) is 0 Å². The maximum Gasteiger partial charge on any atom is 0.0175 e. The second kappa shape index (κ2) is 5.20. The quantitative estimate of drug-likeness (QED) is 0.716. The molecule has 14 heavy (non-hydrogen) atoms. The Bertz CT molecular complexity index is 287. The number of hydrogen-bond donors (Lipinski definition) is 1. The van der Waals surface area contributed by atoms with Gasteiger partial charge < -0.3 is 10.3 Å². The normalized spacial score (nSPS) is 10.9. The van der Waals surface area contributed by atoms with Crippen LogP contribution in [-0.2, 0) is 13.5 Å². The van der Waals surface area contributed by atoms with Crippen molar-refractivity contribution < 1.29 is 0 Å². The van der Waals surface area contributed by atoms with Crippen molar-refractivity contribution in [1.29, 1.82) is 0 Å². The standard InChI is InChI=1S/C12H22N2/c1-10-9-12(11(2)14(10)3)7-5-4-6-8-13/h9H,4-8,13H2,1-3H3. The Hall–Kier alpha value is -0.760. The zero-order chi connectivity index (χ0) is 10.6. The van der Waals surface area contributed by atoms with Gasteiger partial charge in [-0.25, -0.2) is 0 Å². The number of nitrogens with zero attached hydrogens (tertiary/aromatic N) is 1. The van der Waals surface area contributed by atoms with Crippen molar-refractivity contribution in [3.05, 3.63) is 23.0 Å². The Kier molecular flexibility index (Phi) is 4.21. The van der Waals surface area contributed by atoms with Crippen LogP contribution in [0.4, 0.5) is 0 Å². The van der Waals surface area contributed by atoms with E-state index >= 15 is 0 Å². The van der Waals surface area contributed by atoms with Crippen molar-refractivity contribution in [3.63, 3.8) is 0 Å². The molecule has 0 aliphatic rings. The van der Waals surface area contributed by atoms with Crippen LogP contribution < -0.4 is 5.73 Å². The first-order valence-corrected chi connectivity index (χ1v) is 5.48. The zero-order valence-electron chi connectivity index (χ0n) is 9.64. The average molecular weight is 194 g/mol. The summed E-state index contributed by atoms with van der Waals surface area (Å²) in [6.07, 6.45) is 4.88. The van der Waals surface area contributed by atoms with Crippen LogP contribution in [0.3, 0.4) is 0 Å². The average Bonchev–Trinajstić information content (AvgIpc) is 2.41. The van der Waals surface area contributed by atoms with E-state index in [1.54, 1.807) is 0 Å². The Balaban J connectivity index is 2.47. The van der Waals surface area contributed by atoms with Crippen LogP contribution in [0.1, 0.15) is 36.2 Å². The molecule has 80 valence electrons. The molecule has 0 radical (unpaired) electrons. The van der Waals surface area contributed by atoms with Crippen LogP contribution in [0.15, 0.2) is 6.07 Å². The van der Waals surface area contributed by atoms with Gasteiger partial charge in [0.2, 0.25) is 0 Å². The second-order valence-corrected chi connectivity index (χ2v) is 4.05. The van der Waals surface area contributed by atoms with Crippen LogP contribution in [0.2, 0.25) is 0 Å². The fourth-order valence-electron chi connectivity index (χ4n) is 1.82. The minimum absolute atomic E-state index is 0.826. The molecule has 0 unspecified atom stereocenters. The van der Waals surface area contributed by atoms with Crippen LogP contribution in [0.25, 0.3) is 0 Å². The van der Waals surface area contributed by atoms with Gasteiger partial charge in [-0.3, -0.25) is 0 Å². The van der Waals surface area contributed by atoms with Gasteiger partial charge in [-0.15, -0.1) is 0 Å². The maximum atomic E-state index is 5.46. The first-order chi connectivity index (χ1) is 6.66. The summed E-state index contributed by atoms with van der Waals surface area (Å²) in [5.74, 6) is 0. The maximum absolute atomic E-state index is 5.46. The lowest BCUT2D eigenvalue weighted by atomic mass is 10.1. The number of aryl methyl sites for hydroxylation is 2. The van der Waals surface area contributed by atoms with Gasteiger partial charge in [-0.05, 0) is 51.3 Å². The molecule has 1 rings (SSSR count). The topological polar surface area (TPSA) is 30.9 Å². The minimum atomic E-state index is 0.826. The summed E-state index contributed by atoms with van der Waals surface area (Å²) >= 11 is 0. The number of hydrogen-bond acceptors (Lipinski definition) is 1. The fraction of sp³-hybridized carbons (Fsp3) is 0.667. The van der Waals surface area contributed by atoms with Gasteiger partial charge in [0.05, 0.1) is 0 Å². The number of unbranched alkanes of at least 4 members (excludes halogenated alkanes) is 2. The summed E-state index contributed by atoms with van der Waals surface area (Å²) in [6.45, 7) is 5.19. The molecule has 2 heteroatoms. The van der Waals surface area contributed by atoms with E-state index in [9.17, 15) is 0 Å². The van der Waals surface area contributed by atoms with E-state index in [1.165, 1.54) is 36.2 Å². The summed E-state index contributed by atoms with van der Waals surface area (Å²) in [7, 11) is 2.13. The van der Waals surface area contributed by atoms with E-state index < -0.39 is 0 Å². The van der Waals surface area contributed by atoms with E-state index in [0.717, 1.165) is 13.0 Å². The van der Waals surface area contributed by atoms with Gasteiger partial charge in [-0.1, -0.05) is 6.42 Å². The van der Waals surface area contributed by atoms with Crippen molar-refractivity contribution >= 4 is 0 Å². The number of nitrogens with two attached hydrogens (primary N) is 1. The van der Waals surface area contributed by atoms with Crippen molar-refractivity contribution in [2.75, 3.05) is 6.54 Å². The van der Waals surface area contributed by atoms with Crippen LogP contribution in [0.5, 0.6) is 0 Å².